The SMILES string of the molecule is COC(=O)N1CCN(c2ccc3[nH]c(=O)oc3c2)CC1. The maximum Gasteiger partial charge on any atom is 0.417 e. The number of amides is 1. The van der Waals surface area contributed by atoms with Crippen LogP contribution in [0.4, 0.5) is 10.5 Å². The molecular formula is C13H15N3O4. The van der Waals surface area contributed by atoms with E-state index >= 15 is 0 Å². The molecule has 1 N–H and O–H groups in total. The number of nitrogens with zero attached hydrogens (tertiary/aromatic N) is 2. The molecule has 106 valence electrons. The summed E-state index contributed by atoms with van der Waals surface area (Å²) in [7, 11) is 1.39. The lowest BCUT2D eigenvalue weighted by molar-refractivity contribution is 0.121. The van der Waals surface area contributed by atoms with Gasteiger partial charge in [-0.2, -0.15) is 0 Å². The summed E-state index contributed by atoms with van der Waals surface area (Å²) in [4.78, 5) is 29.0. The van der Waals surface area contributed by atoms with Gasteiger partial charge in [0.25, 0.3) is 0 Å². The van der Waals surface area contributed by atoms with E-state index in [4.69, 9.17) is 9.15 Å². The van der Waals surface area contributed by atoms with Gasteiger partial charge in [0.15, 0.2) is 5.58 Å². The highest BCUT2D eigenvalue weighted by Crippen LogP contribution is 2.21. The number of methoxy groups -OCH3 is 1. The number of benzene rings is 1. The zero-order valence-corrected chi connectivity index (χ0v) is 11.1. The maximum atomic E-state index is 11.4. The molecule has 1 aliphatic rings. The second-order valence-electron chi connectivity index (χ2n) is 4.64. The van der Waals surface area contributed by atoms with Gasteiger partial charge in [0.2, 0.25) is 0 Å². The molecule has 1 aromatic carbocycles. The Morgan fingerprint density at radius 3 is 2.75 bits per heavy atom. The van der Waals surface area contributed by atoms with E-state index in [-0.39, 0.29) is 6.09 Å². The molecule has 3 rings (SSSR count). The summed E-state index contributed by atoms with van der Waals surface area (Å²) in [6, 6.07) is 5.59. The number of hydrogen-bond donors (Lipinski definition) is 1. The molecule has 2 aromatic rings. The first kappa shape index (κ1) is 12.6. The average Bonchev–Trinajstić information content (AvgIpc) is 2.85. The fraction of sp³-hybridized carbons (Fsp3) is 0.385. The predicted molar refractivity (Wildman–Crippen MR) is 73.0 cm³/mol. The van der Waals surface area contributed by atoms with Gasteiger partial charge in [-0.3, -0.25) is 4.98 Å². The van der Waals surface area contributed by atoms with Crippen LogP contribution in [0.1, 0.15) is 0 Å². The zero-order chi connectivity index (χ0) is 14.1. The zero-order valence-electron chi connectivity index (χ0n) is 11.1. The Kier molecular flexibility index (Phi) is 3.09. The lowest BCUT2D eigenvalue weighted by Crippen LogP contribution is -2.48. The van der Waals surface area contributed by atoms with Crippen molar-refractivity contribution in [2.75, 3.05) is 38.2 Å². The van der Waals surface area contributed by atoms with Crippen molar-refractivity contribution in [2.24, 2.45) is 0 Å². The van der Waals surface area contributed by atoms with E-state index in [0.29, 0.717) is 24.2 Å². The first-order valence-corrected chi connectivity index (χ1v) is 6.38. The van der Waals surface area contributed by atoms with E-state index < -0.39 is 5.76 Å². The number of aromatic nitrogens is 1. The van der Waals surface area contributed by atoms with Crippen LogP contribution in [0, 0.1) is 0 Å². The van der Waals surface area contributed by atoms with Crippen LogP contribution in [0.2, 0.25) is 0 Å². The Hall–Kier alpha value is -2.44. The number of ether oxygens (including phenoxy) is 1. The molecule has 20 heavy (non-hydrogen) atoms. The fourth-order valence-corrected chi connectivity index (χ4v) is 2.41. The van der Waals surface area contributed by atoms with Crippen LogP contribution in [-0.2, 0) is 4.74 Å². The van der Waals surface area contributed by atoms with Gasteiger partial charge >= 0.3 is 11.8 Å². The number of oxazole rings is 1. The molecule has 2 heterocycles. The van der Waals surface area contributed by atoms with Crippen LogP contribution in [0.15, 0.2) is 27.4 Å². The summed E-state index contributed by atoms with van der Waals surface area (Å²) in [6.45, 7) is 2.66. The van der Waals surface area contributed by atoms with Crippen molar-refractivity contribution in [1.82, 2.24) is 9.88 Å². The molecule has 0 atom stereocenters. The Bertz CT molecular complexity index is 682. The smallest absolute Gasteiger partial charge is 0.417 e. The minimum absolute atomic E-state index is 0.295. The molecular weight excluding hydrogens is 262 g/mol. The fourth-order valence-electron chi connectivity index (χ4n) is 2.41. The number of anilines is 1. The van der Waals surface area contributed by atoms with Crippen molar-refractivity contribution >= 4 is 22.9 Å². The Labute approximate surface area is 114 Å². The van der Waals surface area contributed by atoms with Crippen LogP contribution >= 0.6 is 0 Å². The van der Waals surface area contributed by atoms with E-state index in [2.05, 4.69) is 9.88 Å². The highest BCUT2D eigenvalue weighted by Gasteiger charge is 2.21. The number of nitrogens with one attached hydrogen (secondary N) is 1. The van der Waals surface area contributed by atoms with Crippen LogP contribution in [0.5, 0.6) is 0 Å². The normalized spacial score (nSPS) is 15.7. The van der Waals surface area contributed by atoms with Gasteiger partial charge < -0.3 is 19.0 Å². The first-order valence-electron chi connectivity index (χ1n) is 6.38. The first-order chi connectivity index (χ1) is 9.67. The highest BCUT2D eigenvalue weighted by molar-refractivity contribution is 5.77. The summed E-state index contributed by atoms with van der Waals surface area (Å²) in [5, 5.41) is 0. The third kappa shape index (κ3) is 2.22. The molecule has 0 aliphatic carbocycles. The van der Waals surface area contributed by atoms with E-state index in [9.17, 15) is 9.59 Å². The molecule has 1 saturated heterocycles. The van der Waals surface area contributed by atoms with Crippen molar-refractivity contribution < 1.29 is 13.9 Å². The van der Waals surface area contributed by atoms with Gasteiger partial charge in [0.05, 0.1) is 12.6 Å². The van der Waals surface area contributed by atoms with Gasteiger partial charge in [0.1, 0.15) is 0 Å². The predicted octanol–water partition coefficient (Wildman–Crippen LogP) is 1.01. The minimum Gasteiger partial charge on any atom is -0.453 e. The van der Waals surface area contributed by atoms with E-state index in [1.165, 1.54) is 7.11 Å². The number of H-pyrrole nitrogens is 1. The summed E-state index contributed by atoms with van der Waals surface area (Å²) < 4.78 is 9.76. The average molecular weight is 277 g/mol. The van der Waals surface area contributed by atoms with Gasteiger partial charge in [-0.25, -0.2) is 9.59 Å². The Morgan fingerprint density at radius 2 is 2.05 bits per heavy atom. The van der Waals surface area contributed by atoms with Crippen molar-refractivity contribution in [3.05, 3.63) is 28.7 Å². The Morgan fingerprint density at radius 1 is 1.30 bits per heavy atom. The molecule has 0 unspecified atom stereocenters. The van der Waals surface area contributed by atoms with Crippen LogP contribution in [-0.4, -0.2) is 49.3 Å². The molecule has 1 aromatic heterocycles. The number of rotatable bonds is 1. The van der Waals surface area contributed by atoms with Crippen molar-refractivity contribution in [3.63, 3.8) is 0 Å². The molecule has 7 nitrogen and oxygen atoms in total. The molecule has 1 amide bonds. The van der Waals surface area contributed by atoms with E-state index in [1.54, 1.807) is 4.90 Å². The highest BCUT2D eigenvalue weighted by atomic mass is 16.5. The van der Waals surface area contributed by atoms with Crippen molar-refractivity contribution in [1.29, 1.82) is 0 Å². The maximum absolute atomic E-state index is 11.4. The quantitative estimate of drug-likeness (QED) is 0.841. The number of carbonyl (C=O) groups is 1. The number of carbonyl (C=O) groups excluding carboxylic acids is 1. The van der Waals surface area contributed by atoms with E-state index in [1.807, 2.05) is 18.2 Å². The summed E-state index contributed by atoms with van der Waals surface area (Å²) in [6.07, 6.45) is -0.295. The largest absolute Gasteiger partial charge is 0.453 e. The second kappa shape index (κ2) is 4.92. The van der Waals surface area contributed by atoms with Gasteiger partial charge in [-0.1, -0.05) is 0 Å². The summed E-state index contributed by atoms with van der Waals surface area (Å²) >= 11 is 0. The van der Waals surface area contributed by atoms with Crippen LogP contribution in [0.25, 0.3) is 11.1 Å². The van der Waals surface area contributed by atoms with Crippen molar-refractivity contribution in [3.8, 4) is 0 Å². The lowest BCUT2D eigenvalue weighted by atomic mass is 10.2. The lowest BCUT2D eigenvalue weighted by Gasteiger charge is -2.35. The van der Waals surface area contributed by atoms with Gasteiger partial charge in [-0.15, -0.1) is 0 Å². The van der Waals surface area contributed by atoms with E-state index in [0.717, 1.165) is 18.8 Å². The summed E-state index contributed by atoms with van der Waals surface area (Å²) in [5.74, 6) is -0.451. The number of aromatic amines is 1. The molecule has 0 spiro atoms. The van der Waals surface area contributed by atoms with Gasteiger partial charge in [0, 0.05) is 37.9 Å². The molecule has 0 saturated carbocycles. The number of piperazine rings is 1. The number of fused-ring (bicyclic) bond motifs is 1. The minimum atomic E-state index is -0.451. The van der Waals surface area contributed by atoms with Crippen LogP contribution < -0.4 is 10.7 Å². The molecule has 7 heteroatoms. The molecule has 0 radical (unpaired) electrons. The monoisotopic (exact) mass is 277 g/mol. The van der Waals surface area contributed by atoms with Gasteiger partial charge in [-0.05, 0) is 12.1 Å². The second-order valence-corrected chi connectivity index (χ2v) is 4.64. The standard InChI is InChI=1S/C13H15N3O4/c1-19-13(18)16-6-4-15(5-7-16)9-2-3-10-11(8-9)20-12(17)14-10/h2-3,8H,4-7H2,1H3,(H,14,17). The topological polar surface area (TPSA) is 78.8 Å². The summed E-state index contributed by atoms with van der Waals surface area (Å²) in [5.41, 5.74) is 2.21. The molecule has 0 bridgehead atoms. The molecule has 1 fully saturated rings. The third-order valence-corrected chi connectivity index (χ3v) is 3.48. The Balaban J connectivity index is 1.76. The molecule has 1 aliphatic heterocycles. The third-order valence-electron chi connectivity index (χ3n) is 3.48. The number of hydrogen-bond acceptors (Lipinski definition) is 5. The van der Waals surface area contributed by atoms with Crippen molar-refractivity contribution in [2.45, 2.75) is 0 Å². The van der Waals surface area contributed by atoms with Crippen LogP contribution in [0.3, 0.4) is 0 Å².